The number of anilines is 1. The van der Waals surface area contributed by atoms with Crippen LogP contribution in [0.2, 0.25) is 0 Å². The van der Waals surface area contributed by atoms with Gasteiger partial charge in [-0.25, -0.2) is 0 Å². The zero-order valence-electron chi connectivity index (χ0n) is 10.6. The van der Waals surface area contributed by atoms with Crippen LogP contribution in [0.4, 0.5) is 5.69 Å². The van der Waals surface area contributed by atoms with Gasteiger partial charge in [-0.2, -0.15) is 0 Å². The number of hydrogen-bond acceptors (Lipinski definition) is 2. The van der Waals surface area contributed by atoms with Crippen molar-refractivity contribution >= 4 is 48.3 Å². The van der Waals surface area contributed by atoms with Gasteiger partial charge in [-0.3, -0.25) is 4.98 Å². The molecule has 0 aliphatic rings. The number of hydrogen-bond donors (Lipinski definition) is 1. The van der Waals surface area contributed by atoms with Gasteiger partial charge in [0.25, 0.3) is 0 Å². The SMILES string of the molecule is Brc1ccc(CNc2ccc3cc(Br)ccc3c2)nc1. The average Bonchev–Trinajstić information content (AvgIpc) is 2.46. The van der Waals surface area contributed by atoms with Crippen LogP contribution in [0.5, 0.6) is 0 Å². The van der Waals surface area contributed by atoms with Crippen molar-refractivity contribution in [2.75, 3.05) is 5.32 Å². The minimum atomic E-state index is 0.718. The third-order valence-electron chi connectivity index (χ3n) is 3.06. The predicted molar refractivity (Wildman–Crippen MR) is 90.9 cm³/mol. The molecule has 2 nitrogen and oxygen atoms in total. The Morgan fingerprint density at radius 2 is 1.60 bits per heavy atom. The van der Waals surface area contributed by atoms with Crippen molar-refractivity contribution < 1.29 is 0 Å². The fourth-order valence-corrected chi connectivity index (χ4v) is 2.64. The van der Waals surface area contributed by atoms with Gasteiger partial charge in [-0.15, -0.1) is 0 Å². The minimum Gasteiger partial charge on any atom is -0.379 e. The highest BCUT2D eigenvalue weighted by molar-refractivity contribution is 9.10. The maximum Gasteiger partial charge on any atom is 0.0595 e. The molecule has 0 fully saturated rings. The van der Waals surface area contributed by atoms with Gasteiger partial charge in [0.1, 0.15) is 0 Å². The molecule has 0 aliphatic carbocycles. The maximum atomic E-state index is 4.35. The molecule has 0 saturated heterocycles. The highest BCUT2D eigenvalue weighted by Crippen LogP contribution is 2.23. The fourth-order valence-electron chi connectivity index (χ4n) is 2.03. The highest BCUT2D eigenvalue weighted by Gasteiger charge is 1.99. The largest absolute Gasteiger partial charge is 0.379 e. The summed E-state index contributed by atoms with van der Waals surface area (Å²) >= 11 is 6.88. The normalized spacial score (nSPS) is 10.7. The van der Waals surface area contributed by atoms with E-state index in [1.807, 2.05) is 18.3 Å². The summed E-state index contributed by atoms with van der Waals surface area (Å²) in [4.78, 5) is 4.35. The lowest BCUT2D eigenvalue weighted by molar-refractivity contribution is 1.04. The number of rotatable bonds is 3. The molecule has 0 saturated carbocycles. The summed E-state index contributed by atoms with van der Waals surface area (Å²) < 4.78 is 2.10. The van der Waals surface area contributed by atoms with Crippen molar-refractivity contribution in [3.8, 4) is 0 Å². The van der Waals surface area contributed by atoms with Gasteiger partial charge in [0.15, 0.2) is 0 Å². The third-order valence-corrected chi connectivity index (χ3v) is 4.03. The molecular weight excluding hydrogens is 380 g/mol. The number of aromatic nitrogens is 1. The van der Waals surface area contributed by atoms with E-state index in [0.29, 0.717) is 0 Å². The van der Waals surface area contributed by atoms with E-state index in [2.05, 4.69) is 78.6 Å². The standard InChI is InChI=1S/C16H12Br2N2/c17-13-3-1-12-8-15(5-2-11(12)7-13)20-10-16-6-4-14(18)9-19-16/h1-9,20H,10H2. The lowest BCUT2D eigenvalue weighted by Crippen LogP contribution is -2.01. The molecule has 4 heteroatoms. The van der Waals surface area contributed by atoms with E-state index in [1.54, 1.807) is 0 Å². The van der Waals surface area contributed by atoms with Crippen LogP contribution in [-0.2, 0) is 6.54 Å². The highest BCUT2D eigenvalue weighted by atomic mass is 79.9. The quantitative estimate of drug-likeness (QED) is 0.648. The fraction of sp³-hybridized carbons (Fsp3) is 0.0625. The zero-order valence-corrected chi connectivity index (χ0v) is 13.8. The summed E-state index contributed by atoms with van der Waals surface area (Å²) in [5, 5.41) is 5.85. The minimum absolute atomic E-state index is 0.718. The molecule has 0 radical (unpaired) electrons. The second-order valence-electron chi connectivity index (χ2n) is 4.53. The number of fused-ring (bicyclic) bond motifs is 1. The molecule has 3 aromatic rings. The van der Waals surface area contributed by atoms with Crippen molar-refractivity contribution in [1.29, 1.82) is 0 Å². The van der Waals surface area contributed by atoms with Crippen LogP contribution in [0.15, 0.2) is 63.7 Å². The van der Waals surface area contributed by atoms with E-state index < -0.39 is 0 Å². The molecule has 0 unspecified atom stereocenters. The zero-order chi connectivity index (χ0) is 13.9. The molecule has 20 heavy (non-hydrogen) atoms. The van der Waals surface area contributed by atoms with Gasteiger partial charge >= 0.3 is 0 Å². The van der Waals surface area contributed by atoms with E-state index in [4.69, 9.17) is 0 Å². The summed E-state index contributed by atoms with van der Waals surface area (Å²) in [5.41, 5.74) is 2.12. The monoisotopic (exact) mass is 390 g/mol. The molecule has 0 atom stereocenters. The Bertz CT molecular complexity index is 739. The lowest BCUT2D eigenvalue weighted by atomic mass is 10.1. The number of benzene rings is 2. The summed E-state index contributed by atoms with van der Waals surface area (Å²) in [6, 6.07) is 16.7. The van der Waals surface area contributed by atoms with Gasteiger partial charge < -0.3 is 5.32 Å². The van der Waals surface area contributed by atoms with Gasteiger partial charge in [0, 0.05) is 20.8 Å². The first-order valence-corrected chi connectivity index (χ1v) is 7.83. The van der Waals surface area contributed by atoms with Crippen molar-refractivity contribution in [3.63, 3.8) is 0 Å². The first-order valence-electron chi connectivity index (χ1n) is 6.24. The summed E-state index contributed by atoms with van der Waals surface area (Å²) in [5.74, 6) is 0. The van der Waals surface area contributed by atoms with Gasteiger partial charge in [-0.1, -0.05) is 28.1 Å². The molecule has 1 N–H and O–H groups in total. The molecule has 2 aromatic carbocycles. The Labute approximate surface area is 134 Å². The van der Waals surface area contributed by atoms with Crippen LogP contribution in [0, 0.1) is 0 Å². The number of pyridine rings is 1. The van der Waals surface area contributed by atoms with Crippen molar-refractivity contribution in [2.45, 2.75) is 6.54 Å². The van der Waals surface area contributed by atoms with Gasteiger partial charge in [-0.05, 0) is 63.1 Å². The second kappa shape index (κ2) is 5.94. The first kappa shape index (κ1) is 13.6. The third kappa shape index (κ3) is 3.19. The van der Waals surface area contributed by atoms with Crippen molar-refractivity contribution in [2.24, 2.45) is 0 Å². The summed E-state index contributed by atoms with van der Waals surface area (Å²) in [7, 11) is 0. The smallest absolute Gasteiger partial charge is 0.0595 e. The van der Waals surface area contributed by atoms with E-state index in [-0.39, 0.29) is 0 Å². The number of nitrogens with zero attached hydrogens (tertiary/aromatic N) is 1. The van der Waals surface area contributed by atoms with Crippen LogP contribution in [-0.4, -0.2) is 4.98 Å². The van der Waals surface area contributed by atoms with Crippen LogP contribution in [0.25, 0.3) is 10.8 Å². The Morgan fingerprint density at radius 3 is 2.40 bits per heavy atom. The van der Waals surface area contributed by atoms with E-state index >= 15 is 0 Å². The van der Waals surface area contributed by atoms with Crippen LogP contribution >= 0.6 is 31.9 Å². The molecule has 0 spiro atoms. The molecule has 1 aromatic heterocycles. The van der Waals surface area contributed by atoms with E-state index in [1.165, 1.54) is 10.8 Å². The Morgan fingerprint density at radius 1 is 0.850 bits per heavy atom. The number of halogens is 2. The van der Waals surface area contributed by atoms with Crippen LogP contribution in [0.3, 0.4) is 0 Å². The summed E-state index contributed by atoms with van der Waals surface area (Å²) in [6.45, 7) is 0.718. The topological polar surface area (TPSA) is 24.9 Å². The summed E-state index contributed by atoms with van der Waals surface area (Å²) in [6.07, 6.45) is 1.81. The van der Waals surface area contributed by atoms with Gasteiger partial charge in [0.2, 0.25) is 0 Å². The Kier molecular flexibility index (Phi) is 4.03. The van der Waals surface area contributed by atoms with Gasteiger partial charge in [0.05, 0.1) is 12.2 Å². The van der Waals surface area contributed by atoms with Crippen LogP contribution < -0.4 is 5.32 Å². The predicted octanol–water partition coefficient (Wildman–Crippen LogP) is 5.37. The molecule has 100 valence electrons. The Balaban J connectivity index is 1.77. The van der Waals surface area contributed by atoms with E-state index in [0.717, 1.165) is 26.9 Å². The molecule has 3 rings (SSSR count). The van der Waals surface area contributed by atoms with Crippen molar-refractivity contribution in [3.05, 3.63) is 69.4 Å². The second-order valence-corrected chi connectivity index (χ2v) is 6.36. The average molecular weight is 392 g/mol. The molecular formula is C16H12Br2N2. The molecule has 0 aliphatic heterocycles. The molecule has 0 bridgehead atoms. The number of nitrogens with one attached hydrogen (secondary N) is 1. The maximum absolute atomic E-state index is 4.35. The first-order chi connectivity index (χ1) is 9.70. The van der Waals surface area contributed by atoms with Crippen molar-refractivity contribution in [1.82, 2.24) is 4.98 Å². The molecule has 0 amide bonds. The molecule has 1 heterocycles. The van der Waals surface area contributed by atoms with Crippen LogP contribution in [0.1, 0.15) is 5.69 Å². The Hall–Kier alpha value is -1.39. The van der Waals surface area contributed by atoms with E-state index in [9.17, 15) is 0 Å². The lowest BCUT2D eigenvalue weighted by Gasteiger charge is -2.07.